The first-order chi connectivity index (χ1) is 8.72. The Morgan fingerprint density at radius 3 is 2.94 bits per heavy atom. The zero-order valence-electron chi connectivity index (χ0n) is 10.1. The van der Waals surface area contributed by atoms with Gasteiger partial charge in [0.15, 0.2) is 5.16 Å². The molecular formula is C12H13N3O2S. The molecule has 18 heavy (non-hydrogen) atoms. The molecule has 0 fully saturated rings. The minimum absolute atomic E-state index is 0.175. The van der Waals surface area contributed by atoms with Gasteiger partial charge in [0.2, 0.25) is 0 Å². The molecule has 94 valence electrons. The number of pyridine rings is 1. The minimum Gasteiger partial charge on any atom is -0.492 e. The number of H-pyrrole nitrogens is 1. The zero-order valence-corrected chi connectivity index (χ0v) is 11.0. The number of aromatic nitrogens is 3. The summed E-state index contributed by atoms with van der Waals surface area (Å²) in [6.45, 7) is 2.48. The molecule has 5 nitrogen and oxygen atoms in total. The predicted octanol–water partition coefficient (Wildman–Crippen LogP) is 1.95. The fraction of sp³-hybridized carbons (Fsp3) is 0.250. The average molecular weight is 263 g/mol. The maximum Gasteiger partial charge on any atom is 0.252 e. The third kappa shape index (κ3) is 2.89. The van der Waals surface area contributed by atoms with Gasteiger partial charge in [-0.1, -0.05) is 11.8 Å². The Labute approximate surface area is 109 Å². The fourth-order valence-electron chi connectivity index (χ4n) is 1.48. The summed E-state index contributed by atoms with van der Waals surface area (Å²) in [6, 6.07) is 3.27. The lowest BCUT2D eigenvalue weighted by Crippen LogP contribution is -2.07. The van der Waals surface area contributed by atoms with Crippen molar-refractivity contribution in [2.45, 2.75) is 12.1 Å². The molecule has 1 N–H and O–H groups in total. The Morgan fingerprint density at radius 1 is 1.39 bits per heavy atom. The molecule has 0 aliphatic heterocycles. The Balaban J connectivity index is 2.44. The maximum atomic E-state index is 11.5. The molecule has 0 saturated carbocycles. The normalized spacial score (nSPS) is 10.3. The lowest BCUT2D eigenvalue weighted by molar-refractivity contribution is 0.339. The van der Waals surface area contributed by atoms with E-state index in [2.05, 4.69) is 15.0 Å². The van der Waals surface area contributed by atoms with Gasteiger partial charge in [-0.25, -0.2) is 4.98 Å². The number of hydrogen-bond donors (Lipinski definition) is 1. The summed E-state index contributed by atoms with van der Waals surface area (Å²) in [7, 11) is 0. The van der Waals surface area contributed by atoms with Crippen molar-refractivity contribution in [3.05, 3.63) is 34.9 Å². The first-order valence-electron chi connectivity index (χ1n) is 5.46. The molecule has 2 aromatic heterocycles. The van der Waals surface area contributed by atoms with Crippen LogP contribution in [0.25, 0.3) is 11.3 Å². The van der Waals surface area contributed by atoms with Gasteiger partial charge in [-0.2, -0.15) is 0 Å². The van der Waals surface area contributed by atoms with Crippen molar-refractivity contribution in [3.63, 3.8) is 0 Å². The standard InChI is InChI=1S/C12H13N3O2S/c1-3-17-9-4-8(6-13-7-9)10-5-11(16)15-12(14-10)18-2/h4-7H,3H2,1-2H3,(H,14,15,16). The van der Waals surface area contributed by atoms with E-state index in [0.717, 1.165) is 5.56 Å². The van der Waals surface area contributed by atoms with Crippen LogP contribution in [0.2, 0.25) is 0 Å². The molecular weight excluding hydrogens is 250 g/mol. The highest BCUT2D eigenvalue weighted by Crippen LogP contribution is 2.21. The number of rotatable bonds is 4. The van der Waals surface area contributed by atoms with Crippen molar-refractivity contribution in [2.24, 2.45) is 0 Å². The van der Waals surface area contributed by atoms with Crippen molar-refractivity contribution < 1.29 is 4.74 Å². The monoisotopic (exact) mass is 263 g/mol. The maximum absolute atomic E-state index is 11.5. The summed E-state index contributed by atoms with van der Waals surface area (Å²) < 4.78 is 5.37. The smallest absolute Gasteiger partial charge is 0.252 e. The second-order valence-corrected chi connectivity index (χ2v) is 4.28. The second-order valence-electron chi connectivity index (χ2n) is 3.48. The van der Waals surface area contributed by atoms with E-state index in [1.807, 2.05) is 19.2 Å². The van der Waals surface area contributed by atoms with Crippen LogP contribution in [0.15, 0.2) is 34.5 Å². The summed E-state index contributed by atoms with van der Waals surface area (Å²) in [5, 5.41) is 0.583. The lowest BCUT2D eigenvalue weighted by atomic mass is 10.2. The van der Waals surface area contributed by atoms with Gasteiger partial charge in [0.05, 0.1) is 18.5 Å². The average Bonchev–Trinajstić information content (AvgIpc) is 2.39. The van der Waals surface area contributed by atoms with Gasteiger partial charge in [-0.3, -0.25) is 9.78 Å². The van der Waals surface area contributed by atoms with E-state index in [-0.39, 0.29) is 5.56 Å². The van der Waals surface area contributed by atoms with Gasteiger partial charge in [-0.15, -0.1) is 0 Å². The fourth-order valence-corrected chi connectivity index (χ4v) is 1.88. The van der Waals surface area contributed by atoms with Crippen LogP contribution in [0.5, 0.6) is 5.75 Å². The largest absolute Gasteiger partial charge is 0.492 e. The first-order valence-corrected chi connectivity index (χ1v) is 6.69. The van der Waals surface area contributed by atoms with Gasteiger partial charge in [0, 0.05) is 17.8 Å². The van der Waals surface area contributed by atoms with Crippen LogP contribution in [0.4, 0.5) is 0 Å². The van der Waals surface area contributed by atoms with Gasteiger partial charge < -0.3 is 9.72 Å². The number of hydrogen-bond acceptors (Lipinski definition) is 5. The van der Waals surface area contributed by atoms with Crippen LogP contribution in [-0.2, 0) is 0 Å². The molecule has 2 heterocycles. The molecule has 0 aliphatic rings. The van der Waals surface area contributed by atoms with Crippen molar-refractivity contribution in [2.75, 3.05) is 12.9 Å². The third-order valence-electron chi connectivity index (χ3n) is 2.23. The van der Waals surface area contributed by atoms with Crippen molar-refractivity contribution >= 4 is 11.8 Å². The lowest BCUT2D eigenvalue weighted by Gasteiger charge is -2.05. The number of thioether (sulfide) groups is 1. The zero-order chi connectivity index (χ0) is 13.0. The molecule has 0 unspecified atom stereocenters. The molecule has 0 saturated heterocycles. The van der Waals surface area contributed by atoms with Crippen molar-refractivity contribution in [1.82, 2.24) is 15.0 Å². The van der Waals surface area contributed by atoms with Crippen molar-refractivity contribution in [3.8, 4) is 17.0 Å². The van der Waals surface area contributed by atoms with E-state index >= 15 is 0 Å². The van der Waals surface area contributed by atoms with Gasteiger partial charge in [-0.05, 0) is 19.2 Å². The number of nitrogens with one attached hydrogen (secondary N) is 1. The van der Waals surface area contributed by atoms with E-state index in [1.165, 1.54) is 17.8 Å². The minimum atomic E-state index is -0.175. The number of ether oxygens (including phenoxy) is 1. The molecule has 0 spiro atoms. The van der Waals surface area contributed by atoms with Crippen LogP contribution in [-0.4, -0.2) is 27.8 Å². The Kier molecular flexibility index (Phi) is 3.99. The van der Waals surface area contributed by atoms with Gasteiger partial charge in [0.1, 0.15) is 5.75 Å². The van der Waals surface area contributed by atoms with Gasteiger partial charge >= 0.3 is 0 Å². The summed E-state index contributed by atoms with van der Waals surface area (Å²) in [5.74, 6) is 0.669. The molecule has 0 atom stereocenters. The van der Waals surface area contributed by atoms with Crippen LogP contribution in [0.1, 0.15) is 6.92 Å². The SMILES string of the molecule is CCOc1cncc(-c2cc(=O)[nH]c(SC)n2)c1. The molecule has 6 heteroatoms. The third-order valence-corrected chi connectivity index (χ3v) is 2.81. The molecule has 0 aliphatic carbocycles. The van der Waals surface area contributed by atoms with Crippen LogP contribution in [0.3, 0.4) is 0 Å². The van der Waals surface area contributed by atoms with Crippen LogP contribution < -0.4 is 10.3 Å². The van der Waals surface area contributed by atoms with Crippen molar-refractivity contribution in [1.29, 1.82) is 0 Å². The molecule has 2 rings (SSSR count). The van der Waals surface area contributed by atoms with E-state index < -0.39 is 0 Å². The van der Waals surface area contributed by atoms with E-state index in [1.54, 1.807) is 12.4 Å². The Morgan fingerprint density at radius 2 is 2.22 bits per heavy atom. The van der Waals surface area contributed by atoms with E-state index in [9.17, 15) is 4.79 Å². The molecule has 0 aromatic carbocycles. The summed E-state index contributed by atoms with van der Waals surface area (Å²) in [5.41, 5.74) is 1.19. The highest BCUT2D eigenvalue weighted by Gasteiger charge is 2.05. The van der Waals surface area contributed by atoms with E-state index in [4.69, 9.17) is 4.74 Å². The second kappa shape index (κ2) is 5.68. The van der Waals surface area contributed by atoms with Crippen LogP contribution >= 0.6 is 11.8 Å². The Hall–Kier alpha value is -1.82. The quantitative estimate of drug-likeness (QED) is 0.674. The summed E-state index contributed by atoms with van der Waals surface area (Å²) >= 11 is 1.39. The molecule has 0 radical (unpaired) electrons. The molecule has 0 bridgehead atoms. The van der Waals surface area contributed by atoms with E-state index in [0.29, 0.717) is 23.2 Å². The van der Waals surface area contributed by atoms with Crippen LogP contribution in [0, 0.1) is 0 Å². The molecule has 0 amide bonds. The number of nitrogens with zero attached hydrogens (tertiary/aromatic N) is 2. The highest BCUT2D eigenvalue weighted by atomic mass is 32.2. The highest BCUT2D eigenvalue weighted by molar-refractivity contribution is 7.98. The predicted molar refractivity (Wildman–Crippen MR) is 71.0 cm³/mol. The van der Waals surface area contributed by atoms with Gasteiger partial charge in [0.25, 0.3) is 5.56 Å². The molecule has 2 aromatic rings. The summed E-state index contributed by atoms with van der Waals surface area (Å²) in [4.78, 5) is 22.6. The summed E-state index contributed by atoms with van der Waals surface area (Å²) in [6.07, 6.45) is 5.15. The number of aromatic amines is 1. The topological polar surface area (TPSA) is 67.9 Å². The first kappa shape index (κ1) is 12.6. The Bertz CT molecular complexity index is 598.